The van der Waals surface area contributed by atoms with Crippen LogP contribution in [0.4, 0.5) is 8.78 Å². The van der Waals surface area contributed by atoms with Crippen molar-refractivity contribution in [2.45, 2.75) is 18.8 Å². The molecule has 3 N–H and O–H groups in total. The monoisotopic (exact) mass is 232 g/mol. The van der Waals surface area contributed by atoms with Gasteiger partial charge >= 0.3 is 0 Å². The molecule has 0 aromatic heterocycles. The van der Waals surface area contributed by atoms with Crippen LogP contribution in [0, 0.1) is 5.92 Å². The normalized spacial score (nSPS) is 11.2. The average Bonchev–Trinajstić information content (AvgIpc) is 2.26. The average molecular weight is 232 g/mol. The maximum atomic E-state index is 12.8. The number of carbonyl (C=O) groups is 1. The first-order valence-corrected chi connectivity index (χ1v) is 5.04. The van der Waals surface area contributed by atoms with E-state index in [2.05, 4.69) is 18.5 Å². The number of halogens is 2. The summed E-state index contributed by atoms with van der Waals surface area (Å²) in [5, 5.41) is 2.18. The Hall–Kier alpha value is -1.23. The highest BCUT2D eigenvalue weighted by molar-refractivity contribution is 5.79. The Labute approximate surface area is 94.4 Å². The summed E-state index contributed by atoms with van der Waals surface area (Å²) in [7, 11) is 0. The summed E-state index contributed by atoms with van der Waals surface area (Å²) in [6, 6.07) is 0. The fourth-order valence-corrected chi connectivity index (χ4v) is 1.15. The fourth-order valence-electron chi connectivity index (χ4n) is 1.15. The number of carbonyl (C=O) groups excluding carboxylic acids is 1. The second kappa shape index (κ2) is 7.11. The van der Waals surface area contributed by atoms with Gasteiger partial charge in [0.1, 0.15) is 0 Å². The third kappa shape index (κ3) is 5.60. The quantitative estimate of drug-likeness (QED) is 0.622. The molecular weight excluding hydrogens is 214 g/mol. The van der Waals surface area contributed by atoms with E-state index >= 15 is 0 Å². The third-order valence-electron chi connectivity index (χ3n) is 2.09. The highest BCUT2D eigenvalue weighted by Crippen LogP contribution is 2.12. The zero-order valence-electron chi connectivity index (χ0n) is 9.22. The first kappa shape index (κ1) is 14.8. The smallest absolute Gasteiger partial charge is 0.277 e. The summed E-state index contributed by atoms with van der Waals surface area (Å²) >= 11 is 0. The van der Waals surface area contributed by atoms with Crippen LogP contribution < -0.4 is 11.1 Å². The minimum Gasteiger partial charge on any atom is -0.350 e. The lowest BCUT2D eigenvalue weighted by Crippen LogP contribution is -2.43. The Morgan fingerprint density at radius 1 is 1.38 bits per heavy atom. The SMILES string of the molecule is C=CCC(CC=C)C(=O)NCC(F)(F)CN. The van der Waals surface area contributed by atoms with Crippen LogP contribution in [0.2, 0.25) is 0 Å². The van der Waals surface area contributed by atoms with E-state index < -0.39 is 24.9 Å². The molecule has 0 rings (SSSR count). The van der Waals surface area contributed by atoms with Crippen LogP contribution in [0.1, 0.15) is 12.8 Å². The van der Waals surface area contributed by atoms with Crippen molar-refractivity contribution in [2.75, 3.05) is 13.1 Å². The van der Waals surface area contributed by atoms with Gasteiger partial charge in [-0.2, -0.15) is 0 Å². The van der Waals surface area contributed by atoms with Crippen molar-refractivity contribution in [3.8, 4) is 0 Å². The van der Waals surface area contributed by atoms with Gasteiger partial charge in [-0.05, 0) is 12.8 Å². The molecule has 0 heterocycles. The first-order chi connectivity index (χ1) is 7.46. The predicted octanol–water partition coefficient (Wildman–Crippen LogP) is 1.47. The number of allylic oxidation sites excluding steroid dienone is 2. The van der Waals surface area contributed by atoms with E-state index in [1.807, 2.05) is 0 Å². The van der Waals surface area contributed by atoms with E-state index in [-0.39, 0.29) is 5.92 Å². The zero-order chi connectivity index (χ0) is 12.6. The van der Waals surface area contributed by atoms with Crippen LogP contribution in [-0.2, 0) is 4.79 Å². The molecule has 0 fully saturated rings. The summed E-state index contributed by atoms with van der Waals surface area (Å²) in [6.45, 7) is 5.51. The molecule has 0 aromatic carbocycles. The molecule has 0 saturated carbocycles. The van der Waals surface area contributed by atoms with Gasteiger partial charge in [-0.1, -0.05) is 12.2 Å². The number of hydrogen-bond acceptors (Lipinski definition) is 2. The Bertz CT molecular complexity index is 244. The lowest BCUT2D eigenvalue weighted by atomic mass is 10.0. The van der Waals surface area contributed by atoms with Crippen molar-refractivity contribution < 1.29 is 13.6 Å². The molecule has 0 aliphatic rings. The van der Waals surface area contributed by atoms with Crippen molar-refractivity contribution in [1.82, 2.24) is 5.32 Å². The van der Waals surface area contributed by atoms with Gasteiger partial charge in [0.2, 0.25) is 5.91 Å². The zero-order valence-corrected chi connectivity index (χ0v) is 9.22. The van der Waals surface area contributed by atoms with Crippen molar-refractivity contribution in [3.63, 3.8) is 0 Å². The van der Waals surface area contributed by atoms with Crippen molar-refractivity contribution in [2.24, 2.45) is 11.7 Å². The first-order valence-electron chi connectivity index (χ1n) is 5.04. The molecule has 0 saturated heterocycles. The number of alkyl halides is 2. The Morgan fingerprint density at radius 3 is 2.25 bits per heavy atom. The summed E-state index contributed by atoms with van der Waals surface area (Å²) < 4.78 is 25.5. The van der Waals surface area contributed by atoms with Crippen LogP contribution in [0.3, 0.4) is 0 Å². The summed E-state index contributed by atoms with van der Waals surface area (Å²) in [5.74, 6) is -3.86. The highest BCUT2D eigenvalue weighted by Gasteiger charge is 2.28. The van der Waals surface area contributed by atoms with Gasteiger partial charge in [-0.15, -0.1) is 13.2 Å². The number of hydrogen-bond donors (Lipinski definition) is 2. The van der Waals surface area contributed by atoms with E-state index in [1.165, 1.54) is 0 Å². The molecule has 0 bridgehead atoms. The standard InChI is InChI=1S/C11H18F2N2O/c1-3-5-9(6-4-2)10(16)15-8-11(12,13)7-14/h3-4,9H,1-2,5-8,14H2,(H,15,16). The fraction of sp³-hybridized carbons (Fsp3) is 0.545. The van der Waals surface area contributed by atoms with Gasteiger partial charge in [-0.3, -0.25) is 4.79 Å². The van der Waals surface area contributed by atoms with Crippen LogP contribution >= 0.6 is 0 Å². The van der Waals surface area contributed by atoms with E-state index in [4.69, 9.17) is 5.73 Å². The molecule has 1 amide bonds. The number of rotatable bonds is 8. The molecule has 16 heavy (non-hydrogen) atoms. The lowest BCUT2D eigenvalue weighted by molar-refractivity contribution is -0.126. The topological polar surface area (TPSA) is 55.1 Å². The van der Waals surface area contributed by atoms with Gasteiger partial charge in [0.25, 0.3) is 5.92 Å². The molecule has 92 valence electrons. The molecule has 0 aromatic rings. The van der Waals surface area contributed by atoms with Crippen molar-refractivity contribution in [3.05, 3.63) is 25.3 Å². The second-order valence-corrected chi connectivity index (χ2v) is 3.52. The Morgan fingerprint density at radius 2 is 1.88 bits per heavy atom. The molecule has 0 atom stereocenters. The molecule has 3 nitrogen and oxygen atoms in total. The van der Waals surface area contributed by atoms with Crippen molar-refractivity contribution >= 4 is 5.91 Å². The van der Waals surface area contributed by atoms with Crippen LogP contribution in [0.25, 0.3) is 0 Å². The minimum absolute atomic E-state index is 0.386. The third-order valence-corrected chi connectivity index (χ3v) is 2.09. The minimum atomic E-state index is -3.05. The molecule has 5 heteroatoms. The van der Waals surface area contributed by atoms with Crippen LogP contribution in [-0.4, -0.2) is 24.9 Å². The van der Waals surface area contributed by atoms with E-state index in [1.54, 1.807) is 12.2 Å². The van der Waals surface area contributed by atoms with E-state index in [9.17, 15) is 13.6 Å². The predicted molar refractivity (Wildman–Crippen MR) is 60.1 cm³/mol. The van der Waals surface area contributed by atoms with Crippen molar-refractivity contribution in [1.29, 1.82) is 0 Å². The molecule has 0 aliphatic heterocycles. The number of nitrogens with two attached hydrogens (primary N) is 1. The maximum Gasteiger partial charge on any atom is 0.277 e. The second-order valence-electron chi connectivity index (χ2n) is 3.52. The summed E-state index contributed by atoms with van der Waals surface area (Å²) in [6.07, 6.45) is 4.03. The van der Waals surface area contributed by atoms with Gasteiger partial charge in [0.05, 0.1) is 13.1 Å². The molecule has 0 aliphatic carbocycles. The maximum absolute atomic E-state index is 12.8. The summed E-state index contributed by atoms with van der Waals surface area (Å²) in [5.41, 5.74) is 4.85. The van der Waals surface area contributed by atoms with Gasteiger partial charge in [0.15, 0.2) is 0 Å². The Kier molecular flexibility index (Phi) is 6.56. The van der Waals surface area contributed by atoms with Crippen LogP contribution in [0.5, 0.6) is 0 Å². The van der Waals surface area contributed by atoms with Gasteiger partial charge in [0, 0.05) is 5.92 Å². The Balaban J connectivity index is 4.19. The van der Waals surface area contributed by atoms with Gasteiger partial charge < -0.3 is 11.1 Å². The highest BCUT2D eigenvalue weighted by atomic mass is 19.3. The largest absolute Gasteiger partial charge is 0.350 e. The molecular formula is C11H18F2N2O. The van der Waals surface area contributed by atoms with Crippen LogP contribution in [0.15, 0.2) is 25.3 Å². The number of nitrogens with one attached hydrogen (secondary N) is 1. The van der Waals surface area contributed by atoms with E-state index in [0.717, 1.165) is 0 Å². The molecule has 0 unspecified atom stereocenters. The van der Waals surface area contributed by atoms with Gasteiger partial charge in [-0.25, -0.2) is 8.78 Å². The van der Waals surface area contributed by atoms with E-state index in [0.29, 0.717) is 12.8 Å². The number of amides is 1. The molecule has 0 radical (unpaired) electrons. The molecule has 0 spiro atoms. The lowest BCUT2D eigenvalue weighted by Gasteiger charge is -2.17. The summed E-state index contributed by atoms with van der Waals surface area (Å²) in [4.78, 5) is 11.5.